The third kappa shape index (κ3) is 3.96. The quantitative estimate of drug-likeness (QED) is 0.704. The van der Waals surface area contributed by atoms with Crippen LogP contribution in [0, 0.1) is 11.6 Å². The van der Waals surface area contributed by atoms with E-state index in [9.17, 15) is 13.6 Å². The maximum Gasteiger partial charge on any atom is 0.315 e. The van der Waals surface area contributed by atoms with E-state index in [0.717, 1.165) is 6.07 Å². The first-order valence-corrected chi connectivity index (χ1v) is 5.65. The van der Waals surface area contributed by atoms with Gasteiger partial charge in [-0.15, -0.1) is 0 Å². The van der Waals surface area contributed by atoms with Crippen molar-refractivity contribution < 1.29 is 18.7 Å². The molecular weight excluding hydrogens is 242 g/mol. The Bertz CT molecular complexity index is 413. The van der Waals surface area contributed by atoms with Gasteiger partial charge < -0.3 is 15.7 Å². The van der Waals surface area contributed by atoms with Crippen molar-refractivity contribution in [1.29, 1.82) is 0 Å². The van der Waals surface area contributed by atoms with Gasteiger partial charge in [-0.25, -0.2) is 13.6 Å². The fourth-order valence-electron chi connectivity index (χ4n) is 1.46. The minimum Gasteiger partial charge on any atom is -0.396 e. The van der Waals surface area contributed by atoms with Crippen LogP contribution in [0.25, 0.3) is 0 Å². The molecule has 18 heavy (non-hydrogen) atoms. The summed E-state index contributed by atoms with van der Waals surface area (Å²) in [4.78, 5) is 11.4. The predicted octanol–water partition coefficient (Wildman–Crippen LogP) is 1.71. The van der Waals surface area contributed by atoms with E-state index >= 15 is 0 Å². The Balaban J connectivity index is 2.57. The van der Waals surface area contributed by atoms with Gasteiger partial charge in [0.15, 0.2) is 11.6 Å². The smallest absolute Gasteiger partial charge is 0.315 e. The van der Waals surface area contributed by atoms with Crippen LogP contribution in [-0.4, -0.2) is 24.3 Å². The summed E-state index contributed by atoms with van der Waals surface area (Å²) in [5, 5.41) is 13.5. The van der Waals surface area contributed by atoms with Crippen molar-refractivity contribution in [2.24, 2.45) is 0 Å². The highest BCUT2D eigenvalue weighted by atomic mass is 19.2. The molecule has 0 aromatic heterocycles. The van der Waals surface area contributed by atoms with Crippen molar-refractivity contribution in [2.75, 3.05) is 13.2 Å². The van der Waals surface area contributed by atoms with Crippen molar-refractivity contribution in [1.82, 2.24) is 10.6 Å². The van der Waals surface area contributed by atoms with Crippen LogP contribution in [0.15, 0.2) is 18.2 Å². The molecule has 0 bridgehead atoms. The highest BCUT2D eigenvalue weighted by molar-refractivity contribution is 5.74. The number of urea groups is 1. The van der Waals surface area contributed by atoms with Crippen molar-refractivity contribution >= 4 is 6.03 Å². The fraction of sp³-hybridized carbons (Fsp3) is 0.417. The van der Waals surface area contributed by atoms with Crippen LogP contribution in [-0.2, 0) is 0 Å². The Hall–Kier alpha value is -1.69. The van der Waals surface area contributed by atoms with Gasteiger partial charge in [-0.3, -0.25) is 0 Å². The fourth-order valence-corrected chi connectivity index (χ4v) is 1.46. The Morgan fingerprint density at radius 1 is 1.44 bits per heavy atom. The second-order valence-corrected chi connectivity index (χ2v) is 3.84. The Kier molecular flexibility index (Phi) is 5.51. The van der Waals surface area contributed by atoms with Crippen LogP contribution < -0.4 is 10.6 Å². The van der Waals surface area contributed by atoms with E-state index in [1.165, 1.54) is 12.1 Å². The van der Waals surface area contributed by atoms with Crippen LogP contribution in [0.3, 0.4) is 0 Å². The number of rotatable bonds is 5. The summed E-state index contributed by atoms with van der Waals surface area (Å²) in [6.45, 7) is 1.86. The van der Waals surface area contributed by atoms with E-state index < -0.39 is 23.7 Å². The molecule has 100 valence electrons. The van der Waals surface area contributed by atoms with E-state index in [1.54, 1.807) is 6.92 Å². The summed E-state index contributed by atoms with van der Waals surface area (Å²) in [7, 11) is 0. The van der Waals surface area contributed by atoms with Gasteiger partial charge in [0.05, 0.1) is 6.04 Å². The third-order valence-electron chi connectivity index (χ3n) is 2.42. The summed E-state index contributed by atoms with van der Waals surface area (Å²) in [5.74, 6) is -1.90. The molecule has 2 amide bonds. The highest BCUT2D eigenvalue weighted by Gasteiger charge is 2.15. The number of carbonyl (C=O) groups excluding carboxylic acids is 1. The standard InChI is InChI=1S/C12H16F2N2O2/c1-8(16-12(18)15-6-3-7-17)9-4-2-5-10(13)11(9)14/h2,4-5,8,17H,3,6-7H2,1H3,(H2,15,16,18). The van der Waals surface area contributed by atoms with Crippen LogP contribution >= 0.6 is 0 Å². The summed E-state index contributed by atoms with van der Waals surface area (Å²) >= 11 is 0. The molecule has 6 heteroatoms. The zero-order chi connectivity index (χ0) is 13.5. The molecule has 0 fully saturated rings. The summed E-state index contributed by atoms with van der Waals surface area (Å²) in [6.07, 6.45) is 0.441. The van der Waals surface area contributed by atoms with Crippen LogP contribution in [0.2, 0.25) is 0 Å². The Morgan fingerprint density at radius 2 is 2.17 bits per heavy atom. The highest BCUT2D eigenvalue weighted by Crippen LogP contribution is 2.18. The zero-order valence-electron chi connectivity index (χ0n) is 10.0. The lowest BCUT2D eigenvalue weighted by atomic mass is 10.1. The number of halogens is 2. The molecule has 1 atom stereocenters. The van der Waals surface area contributed by atoms with Crippen molar-refractivity contribution in [3.63, 3.8) is 0 Å². The zero-order valence-corrected chi connectivity index (χ0v) is 10.0. The van der Waals surface area contributed by atoms with Crippen LogP contribution in [0.4, 0.5) is 13.6 Å². The largest absolute Gasteiger partial charge is 0.396 e. The molecule has 4 nitrogen and oxygen atoms in total. The molecular formula is C12H16F2N2O2. The monoisotopic (exact) mass is 258 g/mol. The topological polar surface area (TPSA) is 61.4 Å². The maximum absolute atomic E-state index is 13.4. The number of nitrogens with one attached hydrogen (secondary N) is 2. The van der Waals surface area contributed by atoms with Crippen LogP contribution in [0.5, 0.6) is 0 Å². The second kappa shape index (κ2) is 6.90. The molecule has 0 spiro atoms. The predicted molar refractivity (Wildman–Crippen MR) is 63.0 cm³/mol. The molecule has 0 heterocycles. The van der Waals surface area contributed by atoms with Crippen molar-refractivity contribution in [3.8, 4) is 0 Å². The van der Waals surface area contributed by atoms with E-state index in [0.29, 0.717) is 13.0 Å². The number of amides is 2. The lowest BCUT2D eigenvalue weighted by molar-refractivity contribution is 0.235. The van der Waals surface area contributed by atoms with Gasteiger partial charge >= 0.3 is 6.03 Å². The number of aliphatic hydroxyl groups is 1. The Labute approximate surface area is 104 Å². The SMILES string of the molecule is CC(NC(=O)NCCCO)c1cccc(F)c1F. The molecule has 0 aliphatic carbocycles. The van der Waals surface area contributed by atoms with Crippen molar-refractivity contribution in [3.05, 3.63) is 35.4 Å². The average molecular weight is 258 g/mol. The van der Waals surface area contributed by atoms with Gasteiger partial charge in [-0.05, 0) is 19.4 Å². The third-order valence-corrected chi connectivity index (χ3v) is 2.42. The molecule has 1 rings (SSSR count). The van der Waals surface area contributed by atoms with Gasteiger partial charge in [-0.2, -0.15) is 0 Å². The minimum atomic E-state index is -0.958. The van der Waals surface area contributed by atoms with Gasteiger partial charge in [0, 0.05) is 18.7 Å². The Morgan fingerprint density at radius 3 is 2.83 bits per heavy atom. The first-order chi connectivity index (χ1) is 8.56. The first-order valence-electron chi connectivity index (χ1n) is 5.65. The number of hydrogen-bond donors (Lipinski definition) is 3. The van der Waals surface area contributed by atoms with Crippen molar-refractivity contribution in [2.45, 2.75) is 19.4 Å². The number of aliphatic hydroxyl groups excluding tert-OH is 1. The summed E-state index contributed by atoms with van der Waals surface area (Å²) in [6, 6.07) is 2.69. The average Bonchev–Trinajstić information content (AvgIpc) is 2.32. The lowest BCUT2D eigenvalue weighted by Crippen LogP contribution is -2.38. The molecule has 1 unspecified atom stereocenters. The molecule has 0 aliphatic heterocycles. The van der Waals surface area contributed by atoms with E-state index in [2.05, 4.69) is 10.6 Å². The van der Waals surface area contributed by atoms with E-state index in [4.69, 9.17) is 5.11 Å². The molecule has 3 N–H and O–H groups in total. The number of hydrogen-bond acceptors (Lipinski definition) is 2. The number of benzene rings is 1. The van der Waals surface area contributed by atoms with Gasteiger partial charge in [0.2, 0.25) is 0 Å². The normalized spacial score (nSPS) is 12.0. The van der Waals surface area contributed by atoms with Gasteiger partial charge in [-0.1, -0.05) is 12.1 Å². The summed E-state index contributed by atoms with van der Waals surface area (Å²) in [5.41, 5.74) is 0.0901. The van der Waals surface area contributed by atoms with Gasteiger partial charge in [0.25, 0.3) is 0 Å². The molecule has 0 aliphatic rings. The molecule has 1 aromatic carbocycles. The number of carbonyl (C=O) groups is 1. The molecule has 0 radical (unpaired) electrons. The van der Waals surface area contributed by atoms with E-state index in [1.807, 2.05) is 0 Å². The minimum absolute atomic E-state index is 0.0195. The second-order valence-electron chi connectivity index (χ2n) is 3.84. The maximum atomic E-state index is 13.4. The molecule has 0 saturated carbocycles. The summed E-state index contributed by atoms with van der Waals surface area (Å²) < 4.78 is 26.4. The molecule has 1 aromatic rings. The van der Waals surface area contributed by atoms with Crippen LogP contribution in [0.1, 0.15) is 24.9 Å². The van der Waals surface area contributed by atoms with Gasteiger partial charge in [0.1, 0.15) is 0 Å². The first kappa shape index (κ1) is 14.4. The lowest BCUT2D eigenvalue weighted by Gasteiger charge is -2.15. The van der Waals surface area contributed by atoms with E-state index in [-0.39, 0.29) is 12.2 Å². The molecule has 0 saturated heterocycles.